The maximum atomic E-state index is 13.9. The Balaban J connectivity index is 1.43. The summed E-state index contributed by atoms with van der Waals surface area (Å²) in [5, 5.41) is 20.0. The summed E-state index contributed by atoms with van der Waals surface area (Å²) in [5.41, 5.74) is 5.71. The number of hydrogen-bond donors (Lipinski definition) is 4. The number of carbonyl (C=O) groups is 1. The number of anilines is 1. The van der Waals surface area contributed by atoms with Gasteiger partial charge in [-0.15, -0.1) is 0 Å². The minimum Gasteiger partial charge on any atom is -0.508 e. The van der Waals surface area contributed by atoms with Gasteiger partial charge in [0, 0.05) is 36.0 Å². The number of amides is 1. The molecule has 182 valence electrons. The van der Waals surface area contributed by atoms with Crippen LogP contribution in [-0.2, 0) is 4.79 Å². The average molecular weight is 494 g/mol. The van der Waals surface area contributed by atoms with Gasteiger partial charge in [0.05, 0.1) is 34.3 Å². The summed E-state index contributed by atoms with van der Waals surface area (Å²) in [6, 6.07) is 11.0. The van der Waals surface area contributed by atoms with Crippen molar-refractivity contribution in [3.63, 3.8) is 0 Å². The van der Waals surface area contributed by atoms with Crippen LogP contribution < -0.4 is 5.32 Å². The molecule has 0 saturated carbocycles. The Morgan fingerprint density at radius 2 is 1.86 bits per heavy atom. The molecular formula is C26H19FN8O2. The van der Waals surface area contributed by atoms with Gasteiger partial charge >= 0.3 is 0 Å². The molecule has 1 aromatic carbocycles. The lowest BCUT2D eigenvalue weighted by Crippen LogP contribution is -2.09. The van der Waals surface area contributed by atoms with Gasteiger partial charge in [-0.2, -0.15) is 5.10 Å². The fraction of sp³-hybridized carbons (Fsp3) is 0.0769. The minimum absolute atomic E-state index is 0.105. The molecule has 0 saturated heterocycles. The first-order chi connectivity index (χ1) is 18.0. The number of carbonyl (C=O) groups excluding carboxylic acids is 1. The van der Waals surface area contributed by atoms with Crippen LogP contribution in [-0.4, -0.2) is 46.1 Å². The number of hydrogen-bond acceptors (Lipinski definition) is 7. The topological polar surface area (TPSA) is 145 Å². The number of nitrogens with one attached hydrogen (secondary N) is 3. The quantitative estimate of drug-likeness (QED) is 0.269. The molecule has 6 aromatic rings. The Kier molecular flexibility index (Phi) is 5.29. The van der Waals surface area contributed by atoms with Gasteiger partial charge in [0.2, 0.25) is 5.91 Å². The van der Waals surface area contributed by atoms with E-state index in [1.165, 1.54) is 12.1 Å². The molecule has 0 bridgehead atoms. The first-order valence-corrected chi connectivity index (χ1v) is 11.4. The van der Waals surface area contributed by atoms with Gasteiger partial charge in [0.1, 0.15) is 22.6 Å². The summed E-state index contributed by atoms with van der Waals surface area (Å²) >= 11 is 0. The van der Waals surface area contributed by atoms with Gasteiger partial charge < -0.3 is 15.4 Å². The minimum atomic E-state index is -0.576. The molecule has 0 aliphatic rings. The van der Waals surface area contributed by atoms with Gasteiger partial charge in [0.25, 0.3) is 0 Å². The predicted molar refractivity (Wildman–Crippen MR) is 136 cm³/mol. The van der Waals surface area contributed by atoms with Crippen molar-refractivity contribution in [2.24, 2.45) is 0 Å². The number of aromatic amines is 2. The Hall–Kier alpha value is -5.19. The van der Waals surface area contributed by atoms with Gasteiger partial charge in [-0.3, -0.25) is 19.9 Å². The standard InChI is InChI=1S/C26H19FN8O2/c1-2-21(37)30-16-8-14(11-28-12-16)18-3-4-20-24(31-18)25(35-34-20)26-32-19-5-6-29-22(23(19)33-26)13-7-15(27)10-17(36)9-13/h3-12,36H,2H2,1H3,(H,30,37)(H,32,33)(H,34,35). The Morgan fingerprint density at radius 1 is 1.00 bits per heavy atom. The second-order valence-corrected chi connectivity index (χ2v) is 8.37. The highest BCUT2D eigenvalue weighted by molar-refractivity contribution is 5.95. The van der Waals surface area contributed by atoms with Crippen LogP contribution in [0.4, 0.5) is 10.1 Å². The van der Waals surface area contributed by atoms with Crippen molar-refractivity contribution >= 4 is 33.7 Å². The normalized spacial score (nSPS) is 11.3. The first kappa shape index (κ1) is 22.3. The molecule has 0 aliphatic heterocycles. The van der Waals surface area contributed by atoms with Crippen LogP contribution in [0.3, 0.4) is 0 Å². The maximum Gasteiger partial charge on any atom is 0.224 e. The van der Waals surface area contributed by atoms with Crippen molar-refractivity contribution in [2.75, 3.05) is 5.32 Å². The second kappa shape index (κ2) is 8.79. The molecule has 0 spiro atoms. The summed E-state index contributed by atoms with van der Waals surface area (Å²) in [6.45, 7) is 1.78. The third kappa shape index (κ3) is 4.12. The van der Waals surface area contributed by atoms with Crippen LogP contribution in [0.1, 0.15) is 13.3 Å². The summed E-state index contributed by atoms with van der Waals surface area (Å²) in [5.74, 6) is -0.436. The van der Waals surface area contributed by atoms with E-state index in [0.29, 0.717) is 62.6 Å². The number of phenolic OH excluding ortho intramolecular Hbond substituents is 1. The summed E-state index contributed by atoms with van der Waals surface area (Å²) < 4.78 is 13.9. The number of rotatable bonds is 5. The van der Waals surface area contributed by atoms with E-state index in [9.17, 15) is 14.3 Å². The molecule has 5 aromatic heterocycles. The molecule has 4 N–H and O–H groups in total. The zero-order chi connectivity index (χ0) is 25.5. The molecule has 6 rings (SSSR count). The van der Waals surface area contributed by atoms with Gasteiger partial charge in [-0.05, 0) is 36.4 Å². The zero-order valence-corrected chi connectivity index (χ0v) is 19.5. The highest BCUT2D eigenvalue weighted by Crippen LogP contribution is 2.32. The first-order valence-electron chi connectivity index (χ1n) is 11.4. The molecule has 37 heavy (non-hydrogen) atoms. The second-order valence-electron chi connectivity index (χ2n) is 8.37. The van der Waals surface area contributed by atoms with E-state index in [2.05, 4.69) is 30.5 Å². The SMILES string of the molecule is CCC(=O)Nc1cncc(-c2ccc3[nH]nc(-c4nc5c(-c6cc(O)cc(F)c6)nccc5[nH]4)c3n2)c1. The van der Waals surface area contributed by atoms with Crippen LogP contribution in [0.25, 0.3) is 56.1 Å². The number of H-pyrrole nitrogens is 2. The maximum absolute atomic E-state index is 13.9. The number of pyridine rings is 3. The number of benzene rings is 1. The van der Waals surface area contributed by atoms with Crippen LogP contribution in [0.2, 0.25) is 0 Å². The van der Waals surface area contributed by atoms with Crippen molar-refractivity contribution in [2.45, 2.75) is 13.3 Å². The molecule has 5 heterocycles. The highest BCUT2D eigenvalue weighted by Gasteiger charge is 2.18. The smallest absolute Gasteiger partial charge is 0.224 e. The third-order valence-electron chi connectivity index (χ3n) is 5.83. The van der Waals surface area contributed by atoms with E-state index in [1.54, 1.807) is 31.6 Å². The molecule has 0 aliphatic carbocycles. The number of halogens is 1. The molecular weight excluding hydrogens is 475 g/mol. The van der Waals surface area contributed by atoms with Gasteiger partial charge in [-0.25, -0.2) is 14.4 Å². The van der Waals surface area contributed by atoms with E-state index in [-0.39, 0.29) is 11.7 Å². The molecule has 0 radical (unpaired) electrons. The summed E-state index contributed by atoms with van der Waals surface area (Å²) in [7, 11) is 0. The van der Waals surface area contributed by atoms with Gasteiger partial charge in [-0.1, -0.05) is 6.92 Å². The van der Waals surface area contributed by atoms with E-state index in [4.69, 9.17) is 9.97 Å². The summed E-state index contributed by atoms with van der Waals surface area (Å²) in [6.07, 6.45) is 5.19. The van der Waals surface area contributed by atoms with Crippen LogP contribution in [0, 0.1) is 5.82 Å². The Bertz CT molecular complexity index is 1790. The lowest BCUT2D eigenvalue weighted by Gasteiger charge is -2.06. The monoisotopic (exact) mass is 494 g/mol. The molecule has 10 nitrogen and oxygen atoms in total. The molecule has 1 amide bonds. The molecule has 0 atom stereocenters. The fourth-order valence-electron chi connectivity index (χ4n) is 4.09. The predicted octanol–water partition coefficient (Wildman–Crippen LogP) is 4.82. The van der Waals surface area contributed by atoms with E-state index in [1.807, 2.05) is 18.2 Å². The summed E-state index contributed by atoms with van der Waals surface area (Å²) in [4.78, 5) is 33.1. The largest absolute Gasteiger partial charge is 0.508 e. The lowest BCUT2D eigenvalue weighted by atomic mass is 10.1. The molecule has 0 fully saturated rings. The van der Waals surface area contributed by atoms with E-state index >= 15 is 0 Å². The Morgan fingerprint density at radius 3 is 2.70 bits per heavy atom. The number of phenols is 1. The van der Waals surface area contributed by atoms with E-state index < -0.39 is 5.82 Å². The van der Waals surface area contributed by atoms with Crippen LogP contribution in [0.5, 0.6) is 5.75 Å². The number of imidazole rings is 1. The molecule has 11 heteroatoms. The lowest BCUT2D eigenvalue weighted by molar-refractivity contribution is -0.115. The number of aromatic nitrogens is 7. The number of aromatic hydroxyl groups is 1. The third-order valence-corrected chi connectivity index (χ3v) is 5.83. The van der Waals surface area contributed by atoms with Crippen molar-refractivity contribution < 1.29 is 14.3 Å². The van der Waals surface area contributed by atoms with Gasteiger partial charge in [0.15, 0.2) is 11.5 Å². The van der Waals surface area contributed by atoms with Crippen molar-refractivity contribution in [3.8, 4) is 39.8 Å². The van der Waals surface area contributed by atoms with Crippen LogP contribution >= 0.6 is 0 Å². The Labute approximate surface area is 208 Å². The van der Waals surface area contributed by atoms with Crippen molar-refractivity contribution in [1.82, 2.24) is 35.1 Å². The number of nitrogens with zero attached hydrogens (tertiary/aromatic N) is 5. The van der Waals surface area contributed by atoms with Crippen molar-refractivity contribution in [3.05, 3.63) is 66.9 Å². The van der Waals surface area contributed by atoms with Crippen molar-refractivity contribution in [1.29, 1.82) is 0 Å². The average Bonchev–Trinajstić information content (AvgIpc) is 3.51. The molecule has 0 unspecified atom stereocenters. The van der Waals surface area contributed by atoms with Crippen LogP contribution in [0.15, 0.2) is 61.1 Å². The zero-order valence-electron chi connectivity index (χ0n) is 19.5. The highest BCUT2D eigenvalue weighted by atomic mass is 19.1. The fourth-order valence-corrected chi connectivity index (χ4v) is 4.09. The van der Waals surface area contributed by atoms with E-state index in [0.717, 1.165) is 11.6 Å². The number of fused-ring (bicyclic) bond motifs is 2.